The van der Waals surface area contributed by atoms with Crippen molar-refractivity contribution >= 4 is 11.9 Å². The Morgan fingerprint density at radius 3 is 2.04 bits per heavy atom. The number of nitrogens with zero attached hydrogens (tertiary/aromatic N) is 1. The molecule has 0 spiro atoms. The highest BCUT2D eigenvalue weighted by atomic mass is 16.7. The SMILES string of the molecule is [2H][C@]1(OC(C)=O)CC(ON2C(C)(C)CCCC2(C)C)C[C@H](OC(C)=O)C1C. The van der Waals surface area contributed by atoms with Crippen LogP contribution in [0, 0.1) is 5.92 Å². The predicted molar refractivity (Wildman–Crippen MR) is 98.2 cm³/mol. The summed E-state index contributed by atoms with van der Waals surface area (Å²) < 4.78 is 19.6. The molecule has 2 unspecified atom stereocenters. The molecule has 1 saturated carbocycles. The number of ether oxygens (including phenoxy) is 2. The smallest absolute Gasteiger partial charge is 0.302 e. The van der Waals surface area contributed by atoms with Crippen molar-refractivity contribution in [3.63, 3.8) is 0 Å². The lowest BCUT2D eigenvalue weighted by atomic mass is 9.81. The first-order valence-corrected chi connectivity index (χ1v) is 9.61. The van der Waals surface area contributed by atoms with Crippen molar-refractivity contribution in [2.75, 3.05) is 0 Å². The van der Waals surface area contributed by atoms with Gasteiger partial charge in [-0.2, -0.15) is 5.06 Å². The lowest BCUT2D eigenvalue weighted by molar-refractivity contribution is -0.317. The fourth-order valence-corrected chi connectivity index (χ4v) is 4.34. The van der Waals surface area contributed by atoms with E-state index in [0.717, 1.165) is 19.3 Å². The van der Waals surface area contributed by atoms with Crippen LogP contribution >= 0.6 is 0 Å². The number of esters is 2. The molecule has 0 aromatic heterocycles. The molecular formula is C20H35NO5. The third kappa shape index (κ3) is 4.97. The first kappa shape index (κ1) is 19.6. The van der Waals surface area contributed by atoms with Crippen molar-refractivity contribution in [1.82, 2.24) is 5.06 Å². The van der Waals surface area contributed by atoms with E-state index in [1.807, 2.05) is 5.06 Å². The van der Waals surface area contributed by atoms with E-state index in [-0.39, 0.29) is 23.6 Å². The van der Waals surface area contributed by atoms with Gasteiger partial charge in [-0.1, -0.05) is 6.92 Å². The minimum Gasteiger partial charge on any atom is -0.462 e. The van der Waals surface area contributed by atoms with Gasteiger partial charge in [0.25, 0.3) is 0 Å². The molecule has 2 rings (SSSR count). The molecular weight excluding hydrogens is 334 g/mol. The third-order valence-electron chi connectivity index (χ3n) is 5.51. The number of piperidine rings is 1. The summed E-state index contributed by atoms with van der Waals surface area (Å²) in [5, 5.41) is 2.04. The van der Waals surface area contributed by atoms with Gasteiger partial charge in [0.1, 0.15) is 12.2 Å². The number of hydrogen-bond acceptors (Lipinski definition) is 6. The van der Waals surface area contributed by atoms with Crippen LogP contribution in [0.1, 0.15) is 81.9 Å². The van der Waals surface area contributed by atoms with E-state index in [9.17, 15) is 9.59 Å². The van der Waals surface area contributed by atoms with Crippen LogP contribution in [0.25, 0.3) is 0 Å². The normalized spacial score (nSPS) is 37.5. The molecule has 6 heteroatoms. The zero-order chi connectivity index (χ0) is 20.6. The summed E-state index contributed by atoms with van der Waals surface area (Å²) in [4.78, 5) is 29.6. The maximum atomic E-state index is 11.6. The first-order chi connectivity index (χ1) is 12.3. The summed E-state index contributed by atoms with van der Waals surface area (Å²) in [7, 11) is 0. The molecule has 1 aliphatic heterocycles. The van der Waals surface area contributed by atoms with Gasteiger partial charge in [0, 0.05) is 43.7 Å². The third-order valence-corrected chi connectivity index (χ3v) is 5.51. The fraction of sp³-hybridized carbons (Fsp3) is 0.900. The molecule has 26 heavy (non-hydrogen) atoms. The fourth-order valence-electron chi connectivity index (χ4n) is 4.34. The Morgan fingerprint density at radius 1 is 1.00 bits per heavy atom. The van der Waals surface area contributed by atoms with E-state index in [2.05, 4.69) is 27.7 Å². The standard InChI is InChI=1S/C20H35NO5/c1-13-17(24-14(2)22)11-16(12-18(13)25-15(3)23)26-21-19(4,5)9-8-10-20(21,6)7/h13,16-18H,8-12H2,1-7H3/t13?,16?,17-,18-/m0/s1/i17D. The molecule has 2 aliphatic rings. The minimum absolute atomic E-state index is 0.145. The molecule has 4 atom stereocenters. The van der Waals surface area contributed by atoms with Crippen LogP contribution in [-0.4, -0.2) is 46.4 Å². The number of hydroxylamine groups is 2. The average Bonchev–Trinajstić information content (AvgIpc) is 2.46. The van der Waals surface area contributed by atoms with Crippen LogP contribution in [0.4, 0.5) is 0 Å². The number of hydrogen-bond donors (Lipinski definition) is 0. The highest BCUT2D eigenvalue weighted by Crippen LogP contribution is 2.41. The van der Waals surface area contributed by atoms with Gasteiger partial charge in [-0.15, -0.1) is 0 Å². The average molecular weight is 371 g/mol. The van der Waals surface area contributed by atoms with E-state index in [4.69, 9.17) is 15.7 Å². The number of carbonyl (C=O) groups excluding carboxylic acids is 2. The number of carbonyl (C=O) groups is 2. The van der Waals surface area contributed by atoms with Gasteiger partial charge in [0.2, 0.25) is 0 Å². The molecule has 2 fully saturated rings. The molecule has 0 N–H and O–H groups in total. The molecule has 0 amide bonds. The zero-order valence-corrected chi connectivity index (χ0v) is 17.3. The van der Waals surface area contributed by atoms with Gasteiger partial charge in [0.15, 0.2) is 0 Å². The topological polar surface area (TPSA) is 65.1 Å². The van der Waals surface area contributed by atoms with Crippen molar-refractivity contribution in [2.45, 2.75) is 110 Å². The Hall–Kier alpha value is -1.14. The van der Waals surface area contributed by atoms with Crippen LogP contribution in [-0.2, 0) is 23.9 Å². The van der Waals surface area contributed by atoms with Crippen molar-refractivity contribution in [2.24, 2.45) is 5.92 Å². The summed E-state index contributed by atoms with van der Waals surface area (Å²) in [6.45, 7) is 13.1. The van der Waals surface area contributed by atoms with E-state index < -0.39 is 30.0 Å². The van der Waals surface area contributed by atoms with Crippen molar-refractivity contribution in [3.05, 3.63) is 0 Å². The zero-order valence-electron chi connectivity index (χ0n) is 18.3. The molecule has 0 aromatic rings. The summed E-state index contributed by atoms with van der Waals surface area (Å²) >= 11 is 0. The van der Waals surface area contributed by atoms with Crippen molar-refractivity contribution < 1.29 is 25.3 Å². The van der Waals surface area contributed by atoms with Gasteiger partial charge in [-0.3, -0.25) is 14.4 Å². The highest BCUT2D eigenvalue weighted by molar-refractivity contribution is 5.66. The quantitative estimate of drug-likeness (QED) is 0.704. The molecule has 0 bridgehead atoms. The highest BCUT2D eigenvalue weighted by Gasteiger charge is 2.46. The Bertz CT molecular complexity index is 563. The predicted octanol–water partition coefficient (Wildman–Crippen LogP) is 3.62. The molecule has 0 aromatic carbocycles. The van der Waals surface area contributed by atoms with Gasteiger partial charge in [0.05, 0.1) is 7.47 Å². The largest absolute Gasteiger partial charge is 0.462 e. The van der Waals surface area contributed by atoms with Crippen LogP contribution < -0.4 is 0 Å². The molecule has 6 nitrogen and oxygen atoms in total. The van der Waals surface area contributed by atoms with Crippen LogP contribution in [0.5, 0.6) is 0 Å². The van der Waals surface area contributed by atoms with Crippen molar-refractivity contribution in [1.29, 1.82) is 0 Å². The summed E-state index contributed by atoms with van der Waals surface area (Å²) in [5.74, 6) is -1.36. The van der Waals surface area contributed by atoms with E-state index >= 15 is 0 Å². The van der Waals surface area contributed by atoms with E-state index in [0.29, 0.717) is 6.42 Å². The maximum absolute atomic E-state index is 11.6. The molecule has 0 radical (unpaired) electrons. The van der Waals surface area contributed by atoms with Crippen LogP contribution in [0.2, 0.25) is 0 Å². The van der Waals surface area contributed by atoms with Gasteiger partial charge in [-0.05, 0) is 47.0 Å². The monoisotopic (exact) mass is 370 g/mol. The Labute approximate surface area is 158 Å². The van der Waals surface area contributed by atoms with Crippen LogP contribution in [0.3, 0.4) is 0 Å². The van der Waals surface area contributed by atoms with Gasteiger partial charge in [-0.25, -0.2) is 0 Å². The van der Waals surface area contributed by atoms with Crippen LogP contribution in [0.15, 0.2) is 0 Å². The minimum atomic E-state index is -1.49. The molecule has 1 aliphatic carbocycles. The molecule has 1 heterocycles. The second-order valence-corrected chi connectivity index (χ2v) is 8.94. The lowest BCUT2D eigenvalue weighted by Crippen LogP contribution is -2.60. The second-order valence-electron chi connectivity index (χ2n) is 8.94. The Balaban J connectivity index is 2.26. The summed E-state index contributed by atoms with van der Waals surface area (Å²) in [6, 6.07) is 0. The second kappa shape index (κ2) is 7.85. The van der Waals surface area contributed by atoms with E-state index in [1.54, 1.807) is 6.92 Å². The van der Waals surface area contributed by atoms with Crippen molar-refractivity contribution in [3.8, 4) is 0 Å². The lowest BCUT2D eigenvalue weighted by Gasteiger charge is -2.53. The molecule has 1 saturated heterocycles. The summed E-state index contributed by atoms with van der Waals surface area (Å²) in [5.41, 5.74) is -0.290. The Morgan fingerprint density at radius 2 is 1.54 bits per heavy atom. The van der Waals surface area contributed by atoms with Gasteiger partial charge < -0.3 is 9.47 Å². The Kier molecular flexibility index (Phi) is 5.92. The van der Waals surface area contributed by atoms with Gasteiger partial charge >= 0.3 is 11.9 Å². The first-order valence-electron chi connectivity index (χ1n) is 10.1. The maximum Gasteiger partial charge on any atom is 0.302 e. The summed E-state index contributed by atoms with van der Waals surface area (Å²) in [6.07, 6.45) is 1.49. The molecule has 150 valence electrons. The number of rotatable bonds is 4. The van der Waals surface area contributed by atoms with E-state index in [1.165, 1.54) is 13.8 Å².